The molecule has 19 heavy (non-hydrogen) atoms. The Labute approximate surface area is 111 Å². The van der Waals surface area contributed by atoms with Gasteiger partial charge in [0.25, 0.3) is 0 Å². The second-order valence-electron chi connectivity index (χ2n) is 5.00. The molecule has 4 nitrogen and oxygen atoms in total. The predicted octanol–water partition coefficient (Wildman–Crippen LogP) is 2.10. The molecule has 0 radical (unpaired) electrons. The molecule has 1 aromatic heterocycles. The van der Waals surface area contributed by atoms with Crippen molar-refractivity contribution < 1.29 is 4.39 Å². The first-order chi connectivity index (χ1) is 9.05. The van der Waals surface area contributed by atoms with Crippen molar-refractivity contribution in [1.82, 2.24) is 15.4 Å². The van der Waals surface area contributed by atoms with Gasteiger partial charge in [-0.3, -0.25) is 11.3 Å². The molecule has 2 aromatic rings. The lowest BCUT2D eigenvalue weighted by molar-refractivity contribution is 0.351. The number of hydrazine groups is 1. The average Bonchev–Trinajstić information content (AvgIpc) is 2.41. The van der Waals surface area contributed by atoms with E-state index in [0.29, 0.717) is 0 Å². The van der Waals surface area contributed by atoms with Gasteiger partial charge in [0.05, 0.1) is 6.04 Å². The zero-order chi connectivity index (χ0) is 13.9. The summed E-state index contributed by atoms with van der Waals surface area (Å²) in [5.41, 5.74) is 4.35. The van der Waals surface area contributed by atoms with Gasteiger partial charge >= 0.3 is 0 Å². The molecule has 3 N–H and O–H groups in total. The van der Waals surface area contributed by atoms with Gasteiger partial charge in [0.1, 0.15) is 12.1 Å². The fourth-order valence-corrected chi connectivity index (χ4v) is 2.23. The number of rotatable bonds is 4. The molecule has 0 spiro atoms. The molecule has 5 heteroatoms. The van der Waals surface area contributed by atoms with Gasteiger partial charge in [0.15, 0.2) is 0 Å². The lowest BCUT2D eigenvalue weighted by Gasteiger charge is -2.34. The van der Waals surface area contributed by atoms with Crippen molar-refractivity contribution in [2.75, 3.05) is 0 Å². The Morgan fingerprint density at radius 1 is 1.16 bits per heavy atom. The summed E-state index contributed by atoms with van der Waals surface area (Å²) in [5.74, 6) is 5.43. The zero-order valence-electron chi connectivity index (χ0n) is 11.0. The topological polar surface area (TPSA) is 63.8 Å². The molecule has 0 aliphatic rings. The molecule has 0 bridgehead atoms. The molecule has 1 unspecified atom stereocenters. The van der Waals surface area contributed by atoms with Crippen LogP contribution in [0.3, 0.4) is 0 Å². The molecule has 0 aliphatic heterocycles. The summed E-state index contributed by atoms with van der Waals surface area (Å²) in [6.07, 6.45) is 4.92. The fraction of sp³-hybridized carbons (Fsp3) is 0.286. The van der Waals surface area contributed by atoms with Crippen molar-refractivity contribution in [2.45, 2.75) is 25.3 Å². The number of hydrogen-bond donors (Lipinski definition) is 2. The van der Waals surface area contributed by atoms with Crippen LogP contribution in [-0.4, -0.2) is 9.97 Å². The van der Waals surface area contributed by atoms with Crippen molar-refractivity contribution >= 4 is 0 Å². The summed E-state index contributed by atoms with van der Waals surface area (Å²) in [6, 6.07) is 6.27. The summed E-state index contributed by atoms with van der Waals surface area (Å²) in [6.45, 7) is 4.08. The van der Waals surface area contributed by atoms with Crippen molar-refractivity contribution in [3.8, 4) is 0 Å². The molecule has 100 valence electrons. The number of aromatic nitrogens is 2. The number of nitrogens with one attached hydrogen (secondary N) is 1. The Hall–Kier alpha value is -1.85. The van der Waals surface area contributed by atoms with E-state index in [1.54, 1.807) is 24.5 Å². The van der Waals surface area contributed by atoms with Crippen LogP contribution in [0.4, 0.5) is 4.39 Å². The normalized spacial score (nSPS) is 13.3. The van der Waals surface area contributed by atoms with Crippen molar-refractivity contribution in [2.24, 2.45) is 5.84 Å². The fourth-order valence-electron chi connectivity index (χ4n) is 2.23. The number of nitrogens with two attached hydrogens (primary N) is 1. The molecule has 0 saturated carbocycles. The zero-order valence-corrected chi connectivity index (χ0v) is 11.0. The number of halogens is 1. The highest BCUT2D eigenvalue weighted by molar-refractivity contribution is 5.30. The van der Waals surface area contributed by atoms with Gasteiger partial charge in [0, 0.05) is 23.4 Å². The predicted molar refractivity (Wildman–Crippen MR) is 71.5 cm³/mol. The molecule has 0 saturated heterocycles. The van der Waals surface area contributed by atoms with Gasteiger partial charge in [-0.1, -0.05) is 26.0 Å². The Bertz CT molecular complexity index is 525. The molecule has 0 fully saturated rings. The van der Waals surface area contributed by atoms with Crippen molar-refractivity contribution in [1.29, 1.82) is 0 Å². The van der Waals surface area contributed by atoms with Crippen molar-refractivity contribution in [3.63, 3.8) is 0 Å². The minimum absolute atomic E-state index is 0.167. The second kappa shape index (κ2) is 5.42. The number of nitrogens with zero attached hydrogens (tertiary/aromatic N) is 2. The van der Waals surface area contributed by atoms with Gasteiger partial charge in [-0.15, -0.1) is 0 Å². The van der Waals surface area contributed by atoms with E-state index < -0.39 is 0 Å². The first kappa shape index (κ1) is 13.6. The molecule has 0 amide bonds. The SMILES string of the molecule is CC(C)(c1ccc(F)cc1)C(NN)c1cncnc1. The van der Waals surface area contributed by atoms with Crippen LogP contribution in [0, 0.1) is 5.82 Å². The molecular formula is C14H17FN4. The lowest BCUT2D eigenvalue weighted by atomic mass is 9.76. The van der Waals surface area contributed by atoms with E-state index in [1.807, 2.05) is 13.8 Å². The molecule has 0 aliphatic carbocycles. The average molecular weight is 260 g/mol. The molecule has 1 atom stereocenters. The Kier molecular flexibility index (Phi) is 3.87. The van der Waals surface area contributed by atoms with Crippen LogP contribution < -0.4 is 11.3 Å². The first-order valence-corrected chi connectivity index (χ1v) is 6.03. The molecule has 1 aromatic carbocycles. The molecular weight excluding hydrogens is 243 g/mol. The van der Waals surface area contributed by atoms with Gasteiger partial charge in [-0.05, 0) is 17.7 Å². The minimum Gasteiger partial charge on any atom is -0.271 e. The monoisotopic (exact) mass is 260 g/mol. The van der Waals surface area contributed by atoms with Gasteiger partial charge in [-0.25, -0.2) is 14.4 Å². The smallest absolute Gasteiger partial charge is 0.123 e. The maximum Gasteiger partial charge on any atom is 0.123 e. The van der Waals surface area contributed by atoms with Gasteiger partial charge in [-0.2, -0.15) is 0 Å². The summed E-state index contributed by atoms with van der Waals surface area (Å²) < 4.78 is 13.0. The van der Waals surface area contributed by atoms with E-state index in [2.05, 4.69) is 15.4 Å². The Morgan fingerprint density at radius 2 is 1.74 bits per heavy atom. The Morgan fingerprint density at radius 3 is 2.26 bits per heavy atom. The van der Waals surface area contributed by atoms with Crippen LogP contribution in [0.2, 0.25) is 0 Å². The maximum absolute atomic E-state index is 13.0. The third-order valence-electron chi connectivity index (χ3n) is 3.39. The third kappa shape index (κ3) is 2.77. The number of benzene rings is 1. The van der Waals surface area contributed by atoms with Crippen LogP contribution in [0.25, 0.3) is 0 Å². The minimum atomic E-state index is -0.326. The second-order valence-corrected chi connectivity index (χ2v) is 5.00. The lowest BCUT2D eigenvalue weighted by Crippen LogP contribution is -2.41. The third-order valence-corrected chi connectivity index (χ3v) is 3.39. The van der Waals surface area contributed by atoms with Crippen LogP contribution in [-0.2, 0) is 5.41 Å². The first-order valence-electron chi connectivity index (χ1n) is 6.03. The quantitative estimate of drug-likeness (QED) is 0.652. The van der Waals surface area contributed by atoms with Gasteiger partial charge in [0.2, 0.25) is 0 Å². The highest BCUT2D eigenvalue weighted by atomic mass is 19.1. The number of hydrogen-bond acceptors (Lipinski definition) is 4. The van der Waals surface area contributed by atoms with E-state index in [-0.39, 0.29) is 17.3 Å². The molecule has 1 heterocycles. The highest BCUT2D eigenvalue weighted by Crippen LogP contribution is 2.35. The van der Waals surface area contributed by atoms with E-state index in [0.717, 1.165) is 11.1 Å². The standard InChI is InChI=1S/C14H17FN4/c1-14(2,11-3-5-12(15)6-4-11)13(19-16)10-7-17-9-18-8-10/h3-9,13,19H,16H2,1-2H3. The summed E-state index contributed by atoms with van der Waals surface area (Å²) in [7, 11) is 0. The summed E-state index contributed by atoms with van der Waals surface area (Å²) in [4.78, 5) is 8.02. The van der Waals surface area contributed by atoms with Crippen LogP contribution in [0.1, 0.15) is 31.0 Å². The van der Waals surface area contributed by atoms with E-state index in [4.69, 9.17) is 5.84 Å². The molecule has 2 rings (SSSR count). The van der Waals surface area contributed by atoms with E-state index >= 15 is 0 Å². The van der Waals surface area contributed by atoms with Gasteiger partial charge < -0.3 is 0 Å². The highest BCUT2D eigenvalue weighted by Gasteiger charge is 2.32. The van der Waals surface area contributed by atoms with E-state index in [1.165, 1.54) is 18.5 Å². The summed E-state index contributed by atoms with van der Waals surface area (Å²) in [5, 5.41) is 0. The van der Waals surface area contributed by atoms with Crippen molar-refractivity contribution in [3.05, 3.63) is 59.9 Å². The van der Waals surface area contributed by atoms with E-state index in [9.17, 15) is 4.39 Å². The maximum atomic E-state index is 13.0. The van der Waals surface area contributed by atoms with Crippen LogP contribution in [0.5, 0.6) is 0 Å². The largest absolute Gasteiger partial charge is 0.271 e. The summed E-state index contributed by atoms with van der Waals surface area (Å²) >= 11 is 0. The van der Waals surface area contributed by atoms with Crippen LogP contribution >= 0.6 is 0 Å². The Balaban J connectivity index is 2.38. The van der Waals surface area contributed by atoms with Crippen LogP contribution in [0.15, 0.2) is 43.0 Å².